The monoisotopic (exact) mass is 296 g/mol. The van der Waals surface area contributed by atoms with E-state index in [0.717, 1.165) is 26.9 Å². The van der Waals surface area contributed by atoms with Crippen molar-refractivity contribution >= 4 is 11.3 Å². The number of nitrogens with zero attached hydrogens (tertiary/aromatic N) is 1. The first-order chi connectivity index (χ1) is 10.4. The Bertz CT molecular complexity index is 695. The summed E-state index contributed by atoms with van der Waals surface area (Å²) >= 11 is 1.64. The number of thiazole rings is 1. The largest absolute Gasteiger partial charge is 0.486 e. The Morgan fingerprint density at radius 2 is 1.62 bits per heavy atom. The molecule has 0 amide bonds. The van der Waals surface area contributed by atoms with Gasteiger partial charge in [-0.2, -0.15) is 0 Å². The fourth-order valence-corrected chi connectivity index (χ4v) is 3.09. The highest BCUT2D eigenvalue weighted by Crippen LogP contribution is 2.30. The summed E-state index contributed by atoms with van der Waals surface area (Å²) in [5.41, 5.74) is 7.89. The van der Waals surface area contributed by atoms with Gasteiger partial charge in [0.2, 0.25) is 0 Å². The fourth-order valence-electron chi connectivity index (χ4n) is 2.08. The Labute approximate surface area is 128 Å². The molecule has 3 nitrogen and oxygen atoms in total. The molecule has 1 aromatic heterocycles. The average Bonchev–Trinajstić information content (AvgIpc) is 2.98. The van der Waals surface area contributed by atoms with Crippen molar-refractivity contribution in [2.45, 2.75) is 13.2 Å². The Hall–Kier alpha value is -2.17. The van der Waals surface area contributed by atoms with Gasteiger partial charge in [-0.15, -0.1) is 11.3 Å². The van der Waals surface area contributed by atoms with Gasteiger partial charge in [0.15, 0.2) is 0 Å². The number of para-hydroxylation sites is 1. The lowest BCUT2D eigenvalue weighted by Gasteiger charge is -2.02. The van der Waals surface area contributed by atoms with Crippen LogP contribution in [0.3, 0.4) is 0 Å². The van der Waals surface area contributed by atoms with E-state index in [9.17, 15) is 0 Å². The highest BCUT2D eigenvalue weighted by molar-refractivity contribution is 7.15. The summed E-state index contributed by atoms with van der Waals surface area (Å²) in [5.74, 6) is 0.850. The Morgan fingerprint density at radius 3 is 2.29 bits per heavy atom. The van der Waals surface area contributed by atoms with Crippen LogP contribution >= 0.6 is 11.3 Å². The Kier molecular flexibility index (Phi) is 4.28. The quantitative estimate of drug-likeness (QED) is 0.778. The first-order valence-electron chi connectivity index (χ1n) is 6.78. The van der Waals surface area contributed by atoms with Gasteiger partial charge in [-0.05, 0) is 17.7 Å². The van der Waals surface area contributed by atoms with Crippen LogP contribution in [0.2, 0.25) is 0 Å². The third-order valence-electron chi connectivity index (χ3n) is 3.08. The van der Waals surface area contributed by atoms with Gasteiger partial charge in [0.1, 0.15) is 17.4 Å². The topological polar surface area (TPSA) is 48.1 Å². The van der Waals surface area contributed by atoms with Gasteiger partial charge in [-0.25, -0.2) is 4.98 Å². The zero-order valence-electron chi connectivity index (χ0n) is 11.5. The minimum absolute atomic E-state index is 0.437. The molecule has 2 N–H and O–H groups in total. The van der Waals surface area contributed by atoms with Crippen LogP contribution in [-0.4, -0.2) is 4.98 Å². The molecule has 3 aromatic rings. The smallest absolute Gasteiger partial charge is 0.140 e. The van der Waals surface area contributed by atoms with Crippen molar-refractivity contribution in [3.8, 4) is 16.2 Å². The number of hydrogen-bond donors (Lipinski definition) is 1. The van der Waals surface area contributed by atoms with Crippen LogP contribution in [0.1, 0.15) is 10.7 Å². The van der Waals surface area contributed by atoms with Crippen LogP contribution in [0.5, 0.6) is 5.75 Å². The number of ether oxygens (including phenoxy) is 1. The van der Waals surface area contributed by atoms with Crippen LogP contribution in [0.15, 0.2) is 60.7 Å². The highest BCUT2D eigenvalue weighted by Gasteiger charge is 2.12. The van der Waals surface area contributed by atoms with Crippen LogP contribution in [0.4, 0.5) is 0 Å². The van der Waals surface area contributed by atoms with E-state index in [4.69, 9.17) is 10.5 Å². The maximum Gasteiger partial charge on any atom is 0.140 e. The van der Waals surface area contributed by atoms with Gasteiger partial charge in [-0.3, -0.25) is 0 Å². The zero-order valence-corrected chi connectivity index (χ0v) is 12.3. The standard InChI is InChI=1S/C17H16N2OS/c18-11-15-17(13-7-3-1-4-8-13)21-16(19-15)12-20-14-9-5-2-6-10-14/h1-10H,11-12,18H2. The molecule has 0 aliphatic rings. The molecule has 0 saturated carbocycles. The number of benzene rings is 2. The van der Waals surface area contributed by atoms with Crippen LogP contribution in [0, 0.1) is 0 Å². The van der Waals surface area contributed by atoms with E-state index < -0.39 is 0 Å². The van der Waals surface area contributed by atoms with E-state index in [2.05, 4.69) is 17.1 Å². The lowest BCUT2D eigenvalue weighted by Crippen LogP contribution is -2.00. The zero-order chi connectivity index (χ0) is 14.5. The summed E-state index contributed by atoms with van der Waals surface area (Å²) in [6.07, 6.45) is 0. The lowest BCUT2D eigenvalue weighted by atomic mass is 10.1. The molecule has 2 aromatic carbocycles. The van der Waals surface area contributed by atoms with Crippen molar-refractivity contribution in [1.29, 1.82) is 0 Å². The van der Waals surface area contributed by atoms with Crippen LogP contribution in [0.25, 0.3) is 10.4 Å². The van der Waals surface area contributed by atoms with E-state index >= 15 is 0 Å². The number of rotatable bonds is 5. The van der Waals surface area contributed by atoms with E-state index in [0.29, 0.717) is 13.2 Å². The maximum atomic E-state index is 5.81. The molecular formula is C17H16N2OS. The van der Waals surface area contributed by atoms with Crippen molar-refractivity contribution < 1.29 is 4.74 Å². The summed E-state index contributed by atoms with van der Waals surface area (Å²) in [6.45, 7) is 0.903. The molecule has 0 unspecified atom stereocenters. The molecular weight excluding hydrogens is 280 g/mol. The number of nitrogens with two attached hydrogens (primary N) is 1. The van der Waals surface area contributed by atoms with Crippen molar-refractivity contribution in [2.24, 2.45) is 5.73 Å². The second kappa shape index (κ2) is 6.52. The van der Waals surface area contributed by atoms with Gasteiger partial charge in [0.05, 0.1) is 10.6 Å². The summed E-state index contributed by atoms with van der Waals surface area (Å²) in [7, 11) is 0. The first-order valence-corrected chi connectivity index (χ1v) is 7.60. The third kappa shape index (κ3) is 3.29. The Morgan fingerprint density at radius 1 is 0.952 bits per heavy atom. The molecule has 0 spiro atoms. The third-order valence-corrected chi connectivity index (χ3v) is 4.20. The molecule has 0 radical (unpaired) electrons. The van der Waals surface area contributed by atoms with Gasteiger partial charge in [0, 0.05) is 6.54 Å². The number of aromatic nitrogens is 1. The molecule has 4 heteroatoms. The highest BCUT2D eigenvalue weighted by atomic mass is 32.1. The van der Waals surface area contributed by atoms with Crippen LogP contribution < -0.4 is 10.5 Å². The SMILES string of the molecule is NCc1nc(COc2ccccc2)sc1-c1ccccc1. The molecule has 106 valence electrons. The molecule has 0 aliphatic heterocycles. The van der Waals surface area contributed by atoms with Crippen molar-refractivity contribution in [3.63, 3.8) is 0 Å². The second-order valence-electron chi connectivity index (χ2n) is 4.56. The van der Waals surface area contributed by atoms with Crippen LogP contribution in [-0.2, 0) is 13.2 Å². The predicted octanol–water partition coefficient (Wildman–Crippen LogP) is 3.85. The van der Waals surface area contributed by atoms with Crippen molar-refractivity contribution in [1.82, 2.24) is 4.98 Å². The van der Waals surface area contributed by atoms with Crippen molar-refractivity contribution in [2.75, 3.05) is 0 Å². The molecule has 21 heavy (non-hydrogen) atoms. The minimum Gasteiger partial charge on any atom is -0.486 e. The average molecular weight is 296 g/mol. The molecule has 3 rings (SSSR count). The maximum absolute atomic E-state index is 5.81. The van der Waals surface area contributed by atoms with E-state index in [-0.39, 0.29) is 0 Å². The Balaban J connectivity index is 1.80. The van der Waals surface area contributed by atoms with Gasteiger partial charge >= 0.3 is 0 Å². The van der Waals surface area contributed by atoms with E-state index in [1.165, 1.54) is 0 Å². The summed E-state index contributed by atoms with van der Waals surface area (Å²) in [4.78, 5) is 5.72. The molecule has 0 fully saturated rings. The predicted molar refractivity (Wildman–Crippen MR) is 86.2 cm³/mol. The molecule has 0 saturated heterocycles. The van der Waals surface area contributed by atoms with Crippen molar-refractivity contribution in [3.05, 3.63) is 71.4 Å². The molecule has 0 aliphatic carbocycles. The minimum atomic E-state index is 0.437. The summed E-state index contributed by atoms with van der Waals surface area (Å²) in [5, 5.41) is 0.943. The van der Waals surface area contributed by atoms with Gasteiger partial charge < -0.3 is 10.5 Å². The first kappa shape index (κ1) is 13.8. The molecule has 0 bridgehead atoms. The second-order valence-corrected chi connectivity index (χ2v) is 5.64. The summed E-state index contributed by atoms with van der Waals surface area (Å²) in [6, 6.07) is 20.0. The van der Waals surface area contributed by atoms with E-state index in [1.807, 2.05) is 48.5 Å². The van der Waals surface area contributed by atoms with Gasteiger partial charge in [0.25, 0.3) is 0 Å². The molecule has 1 heterocycles. The van der Waals surface area contributed by atoms with Gasteiger partial charge in [-0.1, -0.05) is 48.5 Å². The lowest BCUT2D eigenvalue weighted by molar-refractivity contribution is 0.305. The number of hydrogen-bond acceptors (Lipinski definition) is 4. The van der Waals surface area contributed by atoms with E-state index in [1.54, 1.807) is 11.3 Å². The molecule has 0 atom stereocenters. The normalized spacial score (nSPS) is 10.5. The summed E-state index contributed by atoms with van der Waals surface area (Å²) < 4.78 is 5.75. The fraction of sp³-hybridized carbons (Fsp3) is 0.118.